The molecule has 2 aromatic rings. The highest BCUT2D eigenvalue weighted by molar-refractivity contribution is 6.30. The van der Waals surface area contributed by atoms with Crippen LogP contribution < -0.4 is 5.32 Å². The topological polar surface area (TPSA) is 57.2 Å². The van der Waals surface area contributed by atoms with Gasteiger partial charge >= 0.3 is 0 Å². The first-order chi connectivity index (χ1) is 14.6. The largest absolute Gasteiger partial charge is 0.380 e. The number of nitrogens with one attached hydrogen (secondary N) is 1. The molecule has 7 heteroatoms. The second kappa shape index (κ2) is 11.0. The number of ether oxygens (including phenoxy) is 1. The Bertz CT molecular complexity index is 879. The highest BCUT2D eigenvalue weighted by Crippen LogP contribution is 2.13. The minimum absolute atomic E-state index is 0.133. The van der Waals surface area contributed by atoms with E-state index in [1.54, 1.807) is 14.2 Å². The molecular weight excluding hydrogens is 400 g/mol. The number of piperazine rings is 1. The van der Waals surface area contributed by atoms with E-state index in [1.807, 2.05) is 41.3 Å². The highest BCUT2D eigenvalue weighted by Gasteiger charge is 2.23. The lowest BCUT2D eigenvalue weighted by Gasteiger charge is -2.36. The van der Waals surface area contributed by atoms with Crippen LogP contribution in [0.5, 0.6) is 0 Å². The number of hydrogen-bond donors (Lipinski definition) is 1. The molecule has 1 N–H and O–H groups in total. The molecule has 0 saturated carbocycles. The number of nitrogens with zero attached hydrogens (tertiary/aromatic N) is 3. The standard InChI is InChI=1S/C23H29ClN4O2/c1-25-23(26-16-19-7-3-4-8-20(19)17-30-2)28-12-10-27(11-13-28)22(29)15-18-6-5-9-21(24)14-18/h3-9,14H,10-13,15-17H2,1-2H3,(H,25,26). The quantitative estimate of drug-likeness (QED) is 0.567. The maximum atomic E-state index is 12.6. The minimum Gasteiger partial charge on any atom is -0.380 e. The van der Waals surface area contributed by atoms with Gasteiger partial charge in [-0.25, -0.2) is 0 Å². The van der Waals surface area contributed by atoms with Crippen LogP contribution in [0.15, 0.2) is 53.5 Å². The number of methoxy groups -OCH3 is 1. The van der Waals surface area contributed by atoms with Gasteiger partial charge in [-0.15, -0.1) is 0 Å². The van der Waals surface area contributed by atoms with Gasteiger partial charge in [0.25, 0.3) is 0 Å². The lowest BCUT2D eigenvalue weighted by atomic mass is 10.1. The van der Waals surface area contributed by atoms with E-state index >= 15 is 0 Å². The van der Waals surface area contributed by atoms with Crippen molar-refractivity contribution in [2.45, 2.75) is 19.6 Å². The van der Waals surface area contributed by atoms with Crippen molar-refractivity contribution in [1.29, 1.82) is 0 Å². The van der Waals surface area contributed by atoms with Gasteiger partial charge in [0.15, 0.2) is 5.96 Å². The van der Waals surface area contributed by atoms with Gasteiger partial charge in [-0.1, -0.05) is 48.0 Å². The van der Waals surface area contributed by atoms with Crippen LogP contribution in [0, 0.1) is 0 Å². The number of carbonyl (C=O) groups excluding carboxylic acids is 1. The number of amides is 1. The normalized spacial score (nSPS) is 14.7. The molecule has 0 aliphatic carbocycles. The predicted octanol–water partition coefficient (Wildman–Crippen LogP) is 2.95. The van der Waals surface area contributed by atoms with E-state index in [2.05, 4.69) is 27.3 Å². The molecule has 160 valence electrons. The van der Waals surface area contributed by atoms with Gasteiger partial charge < -0.3 is 19.9 Å². The summed E-state index contributed by atoms with van der Waals surface area (Å²) in [5, 5.41) is 4.11. The fourth-order valence-corrected chi connectivity index (χ4v) is 3.85. The van der Waals surface area contributed by atoms with Crippen molar-refractivity contribution in [2.24, 2.45) is 4.99 Å². The Morgan fingerprint density at radius 3 is 2.43 bits per heavy atom. The SMILES string of the molecule is CN=C(NCc1ccccc1COC)N1CCN(C(=O)Cc2cccc(Cl)c2)CC1. The van der Waals surface area contributed by atoms with Gasteiger partial charge in [0, 0.05) is 51.9 Å². The van der Waals surface area contributed by atoms with Gasteiger partial charge in [0.1, 0.15) is 0 Å². The summed E-state index contributed by atoms with van der Waals surface area (Å²) in [4.78, 5) is 21.2. The zero-order chi connectivity index (χ0) is 21.3. The predicted molar refractivity (Wildman–Crippen MR) is 121 cm³/mol. The van der Waals surface area contributed by atoms with Crippen LogP contribution in [-0.2, 0) is 29.1 Å². The zero-order valence-corrected chi connectivity index (χ0v) is 18.4. The lowest BCUT2D eigenvalue weighted by molar-refractivity contribution is -0.131. The monoisotopic (exact) mass is 428 g/mol. The summed E-state index contributed by atoms with van der Waals surface area (Å²) in [5.74, 6) is 0.984. The summed E-state index contributed by atoms with van der Waals surface area (Å²) in [5.41, 5.74) is 3.30. The zero-order valence-electron chi connectivity index (χ0n) is 17.6. The number of hydrogen-bond acceptors (Lipinski definition) is 3. The second-order valence-electron chi connectivity index (χ2n) is 7.28. The first-order valence-corrected chi connectivity index (χ1v) is 10.5. The Hall–Kier alpha value is -2.57. The maximum Gasteiger partial charge on any atom is 0.227 e. The molecule has 1 aliphatic rings. The number of carbonyl (C=O) groups is 1. The third kappa shape index (κ3) is 5.97. The molecule has 30 heavy (non-hydrogen) atoms. The van der Waals surface area contributed by atoms with Crippen molar-refractivity contribution in [1.82, 2.24) is 15.1 Å². The van der Waals surface area contributed by atoms with Crippen molar-refractivity contribution in [3.05, 3.63) is 70.2 Å². The maximum absolute atomic E-state index is 12.6. The Morgan fingerprint density at radius 2 is 1.77 bits per heavy atom. The van der Waals surface area contributed by atoms with E-state index in [0.29, 0.717) is 37.7 Å². The summed E-state index contributed by atoms with van der Waals surface area (Å²) >= 11 is 6.03. The Balaban J connectivity index is 1.51. The summed E-state index contributed by atoms with van der Waals surface area (Å²) in [6.45, 7) is 4.13. The molecule has 1 amide bonds. The fraction of sp³-hybridized carbons (Fsp3) is 0.391. The Labute approximate surface area is 183 Å². The van der Waals surface area contributed by atoms with E-state index in [0.717, 1.165) is 24.6 Å². The van der Waals surface area contributed by atoms with Crippen LogP contribution in [-0.4, -0.2) is 62.0 Å². The molecule has 0 aromatic heterocycles. The molecule has 3 rings (SSSR count). The molecule has 0 bridgehead atoms. The molecule has 0 spiro atoms. The van der Waals surface area contributed by atoms with Gasteiger partial charge in [-0.05, 0) is 28.8 Å². The lowest BCUT2D eigenvalue weighted by Crippen LogP contribution is -2.53. The summed E-state index contributed by atoms with van der Waals surface area (Å²) in [6, 6.07) is 15.7. The van der Waals surface area contributed by atoms with Gasteiger partial charge in [0.05, 0.1) is 13.0 Å². The fourth-order valence-electron chi connectivity index (χ4n) is 3.63. The van der Waals surface area contributed by atoms with Gasteiger partial charge in [0.2, 0.25) is 5.91 Å². The van der Waals surface area contributed by atoms with Gasteiger partial charge in [-0.2, -0.15) is 0 Å². The van der Waals surface area contributed by atoms with Crippen LogP contribution in [0.1, 0.15) is 16.7 Å². The third-order valence-corrected chi connectivity index (χ3v) is 5.48. The molecule has 0 unspecified atom stereocenters. The van der Waals surface area contributed by atoms with E-state index in [-0.39, 0.29) is 5.91 Å². The Kier molecular flexibility index (Phi) is 8.11. The summed E-state index contributed by atoms with van der Waals surface area (Å²) < 4.78 is 5.29. The Morgan fingerprint density at radius 1 is 1.07 bits per heavy atom. The average Bonchev–Trinajstić information content (AvgIpc) is 2.76. The highest BCUT2D eigenvalue weighted by atomic mass is 35.5. The van der Waals surface area contributed by atoms with Crippen LogP contribution in [0.4, 0.5) is 0 Å². The van der Waals surface area contributed by atoms with Crippen molar-refractivity contribution >= 4 is 23.5 Å². The minimum atomic E-state index is 0.133. The number of guanidine groups is 1. The average molecular weight is 429 g/mol. The molecule has 0 radical (unpaired) electrons. The van der Waals surface area contributed by atoms with Crippen LogP contribution >= 0.6 is 11.6 Å². The number of aliphatic imine (C=N–C) groups is 1. The molecule has 1 heterocycles. The first-order valence-electron chi connectivity index (χ1n) is 10.1. The van der Waals surface area contributed by atoms with Crippen molar-refractivity contribution in [3.8, 4) is 0 Å². The van der Waals surface area contributed by atoms with Crippen LogP contribution in [0.2, 0.25) is 5.02 Å². The smallest absolute Gasteiger partial charge is 0.227 e. The molecule has 1 fully saturated rings. The summed E-state index contributed by atoms with van der Waals surface area (Å²) in [6.07, 6.45) is 0.379. The number of rotatable bonds is 6. The van der Waals surface area contributed by atoms with Gasteiger partial charge in [-0.3, -0.25) is 9.79 Å². The van der Waals surface area contributed by atoms with Crippen LogP contribution in [0.25, 0.3) is 0 Å². The van der Waals surface area contributed by atoms with Crippen molar-refractivity contribution in [3.63, 3.8) is 0 Å². The third-order valence-electron chi connectivity index (χ3n) is 5.24. The number of benzene rings is 2. The molecule has 0 atom stereocenters. The number of halogens is 1. The van der Waals surface area contributed by atoms with E-state index in [9.17, 15) is 4.79 Å². The molecule has 2 aromatic carbocycles. The molecular formula is C23H29ClN4O2. The van der Waals surface area contributed by atoms with E-state index in [1.165, 1.54) is 11.1 Å². The van der Waals surface area contributed by atoms with Crippen molar-refractivity contribution in [2.75, 3.05) is 40.3 Å². The van der Waals surface area contributed by atoms with E-state index in [4.69, 9.17) is 16.3 Å². The first kappa shape index (κ1) is 22.1. The molecule has 1 aliphatic heterocycles. The van der Waals surface area contributed by atoms with Crippen LogP contribution in [0.3, 0.4) is 0 Å². The second-order valence-corrected chi connectivity index (χ2v) is 7.71. The molecule has 6 nitrogen and oxygen atoms in total. The molecule has 1 saturated heterocycles. The summed E-state index contributed by atoms with van der Waals surface area (Å²) in [7, 11) is 3.50. The van der Waals surface area contributed by atoms with Crippen molar-refractivity contribution < 1.29 is 9.53 Å². The van der Waals surface area contributed by atoms with E-state index < -0.39 is 0 Å².